The molecule has 1 aliphatic heterocycles. The fourth-order valence-electron chi connectivity index (χ4n) is 2.69. The fourth-order valence-corrected chi connectivity index (χ4v) is 2.69. The summed E-state index contributed by atoms with van der Waals surface area (Å²) in [7, 11) is 0. The third-order valence-electron chi connectivity index (χ3n) is 3.92. The van der Waals surface area contributed by atoms with E-state index in [1.807, 2.05) is 6.07 Å². The van der Waals surface area contributed by atoms with Crippen LogP contribution in [0.1, 0.15) is 28.9 Å². The molecule has 1 fully saturated rings. The van der Waals surface area contributed by atoms with Crippen molar-refractivity contribution in [3.05, 3.63) is 51.2 Å². The lowest BCUT2D eigenvalue weighted by molar-refractivity contribution is -0.385. The van der Waals surface area contributed by atoms with Crippen LogP contribution in [0.3, 0.4) is 0 Å². The van der Waals surface area contributed by atoms with E-state index in [-0.39, 0.29) is 16.7 Å². The van der Waals surface area contributed by atoms with Crippen LogP contribution in [-0.4, -0.2) is 39.7 Å². The molecule has 1 atom stereocenters. The molecule has 1 aromatic carbocycles. The smallest absolute Gasteiger partial charge is 0.272 e. The van der Waals surface area contributed by atoms with Crippen LogP contribution in [0.2, 0.25) is 0 Å². The van der Waals surface area contributed by atoms with E-state index < -0.39 is 0 Å². The molecule has 122 valence electrons. The Morgan fingerprint density at radius 3 is 2.96 bits per heavy atom. The minimum absolute atomic E-state index is 0.134. The van der Waals surface area contributed by atoms with Gasteiger partial charge in [-0.25, -0.2) is 0 Å². The van der Waals surface area contributed by atoms with Gasteiger partial charge in [-0.05, 0) is 19.4 Å². The molecule has 8 heteroatoms. The van der Waals surface area contributed by atoms with Crippen LogP contribution in [0.15, 0.2) is 22.7 Å². The van der Waals surface area contributed by atoms with E-state index in [1.165, 1.54) is 0 Å². The summed E-state index contributed by atoms with van der Waals surface area (Å²) in [5, 5.41) is 14.9. The third kappa shape index (κ3) is 3.38. The SMILES string of the molecule is Cc1noc(C2COCCN2Cc2ccc(C)c([N+](=O)[O-])c2)n1. The molecule has 8 nitrogen and oxygen atoms in total. The Labute approximate surface area is 133 Å². The zero-order valence-electron chi connectivity index (χ0n) is 13.1. The van der Waals surface area contributed by atoms with Gasteiger partial charge in [-0.1, -0.05) is 17.3 Å². The van der Waals surface area contributed by atoms with Gasteiger partial charge < -0.3 is 9.26 Å². The summed E-state index contributed by atoms with van der Waals surface area (Å²) in [5.74, 6) is 1.10. The second kappa shape index (κ2) is 6.43. The Balaban J connectivity index is 1.82. The van der Waals surface area contributed by atoms with Crippen molar-refractivity contribution in [3.63, 3.8) is 0 Å². The Morgan fingerprint density at radius 2 is 2.26 bits per heavy atom. The van der Waals surface area contributed by atoms with Crippen LogP contribution in [0.4, 0.5) is 5.69 Å². The van der Waals surface area contributed by atoms with Crippen molar-refractivity contribution in [3.8, 4) is 0 Å². The minimum Gasteiger partial charge on any atom is -0.378 e. The van der Waals surface area contributed by atoms with Gasteiger partial charge in [0.25, 0.3) is 5.69 Å². The summed E-state index contributed by atoms with van der Waals surface area (Å²) in [5.41, 5.74) is 1.68. The van der Waals surface area contributed by atoms with Crippen LogP contribution >= 0.6 is 0 Å². The van der Waals surface area contributed by atoms with Crippen LogP contribution in [0, 0.1) is 24.0 Å². The van der Waals surface area contributed by atoms with Gasteiger partial charge in [0.15, 0.2) is 5.82 Å². The zero-order valence-corrected chi connectivity index (χ0v) is 13.1. The standard InChI is InChI=1S/C15H18N4O4/c1-10-3-4-12(7-13(10)19(20)21)8-18-5-6-22-9-14(18)15-16-11(2)17-23-15/h3-4,7,14H,5-6,8-9H2,1-2H3. The van der Waals surface area contributed by atoms with Gasteiger partial charge in [-0.3, -0.25) is 15.0 Å². The first kappa shape index (κ1) is 15.6. The molecule has 0 spiro atoms. The largest absolute Gasteiger partial charge is 0.378 e. The van der Waals surface area contributed by atoms with Crippen molar-refractivity contribution in [2.75, 3.05) is 19.8 Å². The van der Waals surface area contributed by atoms with Gasteiger partial charge in [0.1, 0.15) is 6.04 Å². The predicted octanol–water partition coefficient (Wildman–Crippen LogP) is 2.17. The van der Waals surface area contributed by atoms with Crippen molar-refractivity contribution in [1.29, 1.82) is 0 Å². The maximum atomic E-state index is 11.1. The number of ether oxygens (including phenoxy) is 1. The molecule has 0 saturated carbocycles. The van der Waals surface area contributed by atoms with E-state index in [0.29, 0.717) is 43.6 Å². The quantitative estimate of drug-likeness (QED) is 0.629. The number of nitrogens with zero attached hydrogens (tertiary/aromatic N) is 4. The van der Waals surface area contributed by atoms with Gasteiger partial charge in [0.05, 0.1) is 18.1 Å². The second-order valence-electron chi connectivity index (χ2n) is 5.62. The fraction of sp³-hybridized carbons (Fsp3) is 0.467. The Bertz CT molecular complexity index is 715. The number of nitro benzene ring substituents is 1. The average molecular weight is 318 g/mol. The van der Waals surface area contributed by atoms with Crippen LogP contribution in [0.25, 0.3) is 0 Å². The Kier molecular flexibility index (Phi) is 4.35. The van der Waals surface area contributed by atoms with Crippen LogP contribution in [0.5, 0.6) is 0 Å². The summed E-state index contributed by atoms with van der Waals surface area (Å²) in [6.07, 6.45) is 0. The first-order chi connectivity index (χ1) is 11.0. The van der Waals surface area contributed by atoms with Gasteiger partial charge in [-0.15, -0.1) is 0 Å². The normalized spacial score (nSPS) is 19.0. The maximum absolute atomic E-state index is 11.1. The van der Waals surface area contributed by atoms with E-state index in [2.05, 4.69) is 15.0 Å². The van der Waals surface area contributed by atoms with Crippen molar-refractivity contribution < 1.29 is 14.2 Å². The molecule has 1 saturated heterocycles. The number of hydrogen-bond donors (Lipinski definition) is 0. The van der Waals surface area contributed by atoms with Gasteiger partial charge >= 0.3 is 0 Å². The highest BCUT2D eigenvalue weighted by atomic mass is 16.6. The van der Waals surface area contributed by atoms with Crippen LogP contribution < -0.4 is 0 Å². The summed E-state index contributed by atoms with van der Waals surface area (Å²) < 4.78 is 10.8. The van der Waals surface area contributed by atoms with Crippen molar-refractivity contribution >= 4 is 5.69 Å². The van der Waals surface area contributed by atoms with Gasteiger partial charge in [0.2, 0.25) is 5.89 Å². The molecule has 1 aromatic heterocycles. The maximum Gasteiger partial charge on any atom is 0.272 e. The number of morpholine rings is 1. The molecule has 3 rings (SSSR count). The molecule has 0 N–H and O–H groups in total. The van der Waals surface area contributed by atoms with E-state index in [4.69, 9.17) is 9.26 Å². The molecule has 1 unspecified atom stereocenters. The summed E-state index contributed by atoms with van der Waals surface area (Å²) in [6.45, 7) is 5.85. The highest BCUT2D eigenvalue weighted by Gasteiger charge is 2.29. The second-order valence-corrected chi connectivity index (χ2v) is 5.62. The molecule has 0 aliphatic carbocycles. The lowest BCUT2D eigenvalue weighted by Crippen LogP contribution is -2.39. The number of benzene rings is 1. The molecule has 0 amide bonds. The molecule has 23 heavy (non-hydrogen) atoms. The minimum atomic E-state index is -0.350. The molecule has 0 bridgehead atoms. The number of aryl methyl sites for hydroxylation is 2. The Hall–Kier alpha value is -2.32. The van der Waals surface area contributed by atoms with Crippen LogP contribution in [-0.2, 0) is 11.3 Å². The van der Waals surface area contributed by atoms with Gasteiger partial charge in [-0.2, -0.15) is 4.98 Å². The highest BCUT2D eigenvalue weighted by Crippen LogP contribution is 2.26. The van der Waals surface area contributed by atoms with Crippen molar-refractivity contribution in [2.45, 2.75) is 26.4 Å². The third-order valence-corrected chi connectivity index (χ3v) is 3.92. The summed E-state index contributed by atoms with van der Waals surface area (Å²) in [6, 6.07) is 5.18. The van der Waals surface area contributed by atoms with Crippen molar-refractivity contribution in [1.82, 2.24) is 15.0 Å². The topological polar surface area (TPSA) is 94.5 Å². The van der Waals surface area contributed by atoms with E-state index >= 15 is 0 Å². The molecule has 0 radical (unpaired) electrons. The molecule has 1 aliphatic rings. The highest BCUT2D eigenvalue weighted by molar-refractivity contribution is 5.42. The molecule has 2 heterocycles. The number of aromatic nitrogens is 2. The average Bonchev–Trinajstić information content (AvgIpc) is 2.96. The summed E-state index contributed by atoms with van der Waals surface area (Å²) in [4.78, 5) is 17.2. The first-order valence-electron chi connectivity index (χ1n) is 7.40. The number of hydrogen-bond acceptors (Lipinski definition) is 7. The summed E-state index contributed by atoms with van der Waals surface area (Å²) >= 11 is 0. The molecule has 2 aromatic rings. The molecular formula is C15H18N4O4. The predicted molar refractivity (Wildman–Crippen MR) is 80.8 cm³/mol. The van der Waals surface area contributed by atoms with E-state index in [0.717, 1.165) is 5.56 Å². The van der Waals surface area contributed by atoms with E-state index in [9.17, 15) is 10.1 Å². The lowest BCUT2D eigenvalue weighted by atomic mass is 10.1. The Morgan fingerprint density at radius 1 is 1.43 bits per heavy atom. The number of rotatable bonds is 4. The van der Waals surface area contributed by atoms with Gasteiger partial charge in [0, 0.05) is 24.7 Å². The van der Waals surface area contributed by atoms with Crippen molar-refractivity contribution in [2.24, 2.45) is 0 Å². The first-order valence-corrected chi connectivity index (χ1v) is 7.40. The zero-order chi connectivity index (χ0) is 16.4. The van der Waals surface area contributed by atoms with E-state index in [1.54, 1.807) is 26.0 Å². The number of nitro groups is 1. The molecular weight excluding hydrogens is 300 g/mol. The lowest BCUT2D eigenvalue weighted by Gasteiger charge is -2.33. The monoisotopic (exact) mass is 318 g/mol.